The molecule has 0 amide bonds. The molecule has 0 saturated heterocycles. The largest absolute Gasteiger partial charge is 0.477 e. The molecular weight excluding hydrogens is 378 g/mol. The van der Waals surface area contributed by atoms with Crippen molar-refractivity contribution in [1.29, 1.82) is 0 Å². The fraction of sp³-hybridized carbons (Fsp3) is 0.240. The number of ketones is 1. The van der Waals surface area contributed by atoms with Crippen LogP contribution in [0.25, 0.3) is 6.08 Å². The molecule has 1 aromatic heterocycles. The number of hydrogen-bond acceptors (Lipinski definition) is 5. The van der Waals surface area contributed by atoms with Gasteiger partial charge in [-0.1, -0.05) is 30.3 Å². The molecule has 0 bridgehead atoms. The summed E-state index contributed by atoms with van der Waals surface area (Å²) in [5.74, 6) is 2.94. The number of rotatable bonds is 3. The Kier molecular flexibility index (Phi) is 4.48. The first-order valence-electron chi connectivity index (χ1n) is 10.1. The van der Waals surface area contributed by atoms with Crippen LogP contribution in [0.1, 0.15) is 51.5 Å². The van der Waals surface area contributed by atoms with Crippen molar-refractivity contribution in [3.63, 3.8) is 0 Å². The minimum Gasteiger partial charge on any atom is -0.477 e. The highest BCUT2D eigenvalue weighted by atomic mass is 16.5. The number of ether oxygens (including phenoxy) is 2. The first kappa shape index (κ1) is 18.7. The van der Waals surface area contributed by atoms with Gasteiger partial charge >= 0.3 is 0 Å². The van der Waals surface area contributed by atoms with Crippen LogP contribution in [0.15, 0.2) is 58.7 Å². The quantitative estimate of drug-likeness (QED) is 0.548. The van der Waals surface area contributed by atoms with Gasteiger partial charge in [0.2, 0.25) is 5.78 Å². The van der Waals surface area contributed by atoms with E-state index in [1.165, 1.54) is 5.56 Å². The summed E-state index contributed by atoms with van der Waals surface area (Å²) in [5.41, 5.74) is 3.69. The van der Waals surface area contributed by atoms with E-state index in [1.54, 1.807) is 6.08 Å². The maximum absolute atomic E-state index is 13.0. The highest BCUT2D eigenvalue weighted by Crippen LogP contribution is 2.44. The zero-order valence-corrected chi connectivity index (χ0v) is 17.3. The molecule has 1 unspecified atom stereocenters. The zero-order valence-electron chi connectivity index (χ0n) is 17.3. The van der Waals surface area contributed by atoms with Gasteiger partial charge in [0.05, 0.1) is 5.56 Å². The zero-order chi connectivity index (χ0) is 20.8. The molecule has 5 nitrogen and oxygen atoms in total. The highest BCUT2D eigenvalue weighted by Gasteiger charge is 2.34. The second-order valence-electron chi connectivity index (χ2n) is 7.86. The number of Topliss-reactive ketones (excluding diaryl/α,β-unsaturated/α-hetero) is 1. The third-order valence-electron chi connectivity index (χ3n) is 5.83. The summed E-state index contributed by atoms with van der Waals surface area (Å²) >= 11 is 0. The Labute approximate surface area is 175 Å². The van der Waals surface area contributed by atoms with Gasteiger partial charge in [-0.2, -0.15) is 0 Å². The number of hydrogen-bond donors (Lipinski definition) is 0. The van der Waals surface area contributed by atoms with Crippen LogP contribution in [0.2, 0.25) is 0 Å². The van der Waals surface area contributed by atoms with Crippen LogP contribution in [-0.2, 0) is 6.54 Å². The molecule has 0 saturated carbocycles. The van der Waals surface area contributed by atoms with Gasteiger partial charge in [-0.3, -0.25) is 9.69 Å². The number of carbonyl (C=O) groups is 1. The van der Waals surface area contributed by atoms with Crippen LogP contribution in [0.5, 0.6) is 11.5 Å². The van der Waals surface area contributed by atoms with Gasteiger partial charge in [0.25, 0.3) is 0 Å². The predicted octanol–water partition coefficient (Wildman–Crippen LogP) is 5.43. The van der Waals surface area contributed by atoms with E-state index in [0.717, 1.165) is 22.6 Å². The molecule has 5 heteroatoms. The second kappa shape index (κ2) is 7.18. The summed E-state index contributed by atoms with van der Waals surface area (Å²) in [5, 5.41) is 0. The number of carbonyl (C=O) groups excluding carboxylic acids is 1. The Morgan fingerprint density at radius 2 is 1.87 bits per heavy atom. The van der Waals surface area contributed by atoms with Gasteiger partial charge in [-0.25, -0.2) is 0 Å². The van der Waals surface area contributed by atoms with E-state index in [2.05, 4.69) is 24.0 Å². The Morgan fingerprint density at radius 3 is 2.60 bits per heavy atom. The molecule has 5 rings (SSSR count). The lowest BCUT2D eigenvalue weighted by atomic mass is 9.99. The molecular formula is C25H23NO4. The summed E-state index contributed by atoms with van der Waals surface area (Å²) in [6.07, 6.45) is 1.65. The maximum Gasteiger partial charge on any atom is 0.232 e. The summed E-state index contributed by atoms with van der Waals surface area (Å²) in [6, 6.07) is 16.2. The monoisotopic (exact) mass is 401 g/mol. The molecule has 3 heterocycles. The molecule has 0 N–H and O–H groups in total. The number of furan rings is 1. The van der Waals surface area contributed by atoms with E-state index in [1.807, 2.05) is 50.2 Å². The minimum absolute atomic E-state index is 0.127. The standard InChI is InChI=1S/C25H23NO4/c1-15-9-10-20(29-15)12-22-23(27)21-11-19-13-26(17(3)18-7-5-4-6-8-18)14-28-24(19)16(2)25(21)30-22/h4-12,17H,13-14H2,1-3H3/b22-12-. The van der Waals surface area contributed by atoms with E-state index in [4.69, 9.17) is 13.9 Å². The third kappa shape index (κ3) is 3.12. The van der Waals surface area contributed by atoms with Crippen molar-refractivity contribution >= 4 is 11.9 Å². The summed E-state index contributed by atoms with van der Waals surface area (Å²) < 4.78 is 17.6. The normalized spacial score (nSPS) is 18.0. The lowest BCUT2D eigenvalue weighted by Crippen LogP contribution is -2.34. The van der Waals surface area contributed by atoms with Crippen molar-refractivity contribution < 1.29 is 18.7 Å². The van der Waals surface area contributed by atoms with Gasteiger partial charge < -0.3 is 13.9 Å². The summed E-state index contributed by atoms with van der Waals surface area (Å²) in [6.45, 7) is 7.19. The lowest BCUT2D eigenvalue weighted by molar-refractivity contribution is 0.0609. The van der Waals surface area contributed by atoms with Gasteiger partial charge in [0.1, 0.15) is 29.8 Å². The molecule has 0 radical (unpaired) electrons. The van der Waals surface area contributed by atoms with Crippen LogP contribution in [0, 0.1) is 13.8 Å². The number of aryl methyl sites for hydroxylation is 1. The van der Waals surface area contributed by atoms with E-state index >= 15 is 0 Å². The Morgan fingerprint density at radius 1 is 1.07 bits per heavy atom. The van der Waals surface area contributed by atoms with E-state index in [9.17, 15) is 4.79 Å². The Hall–Kier alpha value is -3.31. The van der Waals surface area contributed by atoms with Crippen molar-refractivity contribution in [2.75, 3.05) is 6.73 Å². The van der Waals surface area contributed by atoms with Gasteiger partial charge in [-0.15, -0.1) is 0 Å². The van der Waals surface area contributed by atoms with Crippen LogP contribution >= 0.6 is 0 Å². The number of benzene rings is 2. The van der Waals surface area contributed by atoms with E-state index in [-0.39, 0.29) is 17.6 Å². The minimum atomic E-state index is -0.127. The van der Waals surface area contributed by atoms with E-state index < -0.39 is 0 Å². The number of nitrogens with zero attached hydrogens (tertiary/aromatic N) is 1. The number of fused-ring (bicyclic) bond motifs is 2. The fourth-order valence-electron chi connectivity index (χ4n) is 4.12. The molecule has 0 fully saturated rings. The molecule has 3 aromatic rings. The molecule has 30 heavy (non-hydrogen) atoms. The summed E-state index contributed by atoms with van der Waals surface area (Å²) in [4.78, 5) is 15.2. The molecule has 152 valence electrons. The van der Waals surface area contributed by atoms with Crippen molar-refractivity contribution in [2.45, 2.75) is 33.4 Å². The Balaban J connectivity index is 1.45. The third-order valence-corrected chi connectivity index (χ3v) is 5.83. The van der Waals surface area contributed by atoms with Crippen LogP contribution < -0.4 is 9.47 Å². The van der Waals surface area contributed by atoms with E-state index in [0.29, 0.717) is 30.3 Å². The van der Waals surface area contributed by atoms with Crippen molar-refractivity contribution in [1.82, 2.24) is 4.90 Å². The van der Waals surface area contributed by atoms with Gasteiger partial charge in [0.15, 0.2) is 5.76 Å². The van der Waals surface area contributed by atoms with Gasteiger partial charge in [0, 0.05) is 29.8 Å². The van der Waals surface area contributed by atoms with Crippen molar-refractivity contribution in [3.05, 3.63) is 88.1 Å². The second-order valence-corrected chi connectivity index (χ2v) is 7.86. The van der Waals surface area contributed by atoms with Gasteiger partial charge in [-0.05, 0) is 44.5 Å². The van der Waals surface area contributed by atoms with Crippen molar-refractivity contribution in [3.8, 4) is 11.5 Å². The average Bonchev–Trinajstić information content (AvgIpc) is 3.31. The first-order chi connectivity index (χ1) is 14.5. The Bertz CT molecular complexity index is 1160. The predicted molar refractivity (Wildman–Crippen MR) is 113 cm³/mol. The SMILES string of the molecule is Cc1ccc(/C=C2\Oc3c(cc4c(c3C)OCN(C(C)c3ccccc3)C4)C2=O)o1. The maximum atomic E-state index is 13.0. The number of allylic oxidation sites excluding steroid dienone is 1. The van der Waals surface area contributed by atoms with Crippen LogP contribution in [0.4, 0.5) is 0 Å². The highest BCUT2D eigenvalue weighted by molar-refractivity contribution is 6.15. The topological polar surface area (TPSA) is 51.9 Å². The van der Waals surface area contributed by atoms with Crippen LogP contribution in [-0.4, -0.2) is 17.4 Å². The smallest absolute Gasteiger partial charge is 0.232 e. The van der Waals surface area contributed by atoms with Crippen LogP contribution in [0.3, 0.4) is 0 Å². The average molecular weight is 401 g/mol. The molecule has 2 aromatic carbocycles. The van der Waals surface area contributed by atoms with Crippen molar-refractivity contribution in [2.24, 2.45) is 0 Å². The molecule has 2 aliphatic rings. The molecule has 2 aliphatic heterocycles. The lowest BCUT2D eigenvalue weighted by Gasteiger charge is -2.34. The molecule has 1 atom stereocenters. The fourth-order valence-corrected chi connectivity index (χ4v) is 4.12. The molecule has 0 spiro atoms. The first-order valence-corrected chi connectivity index (χ1v) is 10.1. The molecule has 0 aliphatic carbocycles. The summed E-state index contributed by atoms with van der Waals surface area (Å²) in [7, 11) is 0.